The Labute approximate surface area is 115 Å². The van der Waals surface area contributed by atoms with Crippen molar-refractivity contribution in [3.63, 3.8) is 0 Å². The van der Waals surface area contributed by atoms with Crippen LogP contribution in [0, 0.1) is 0 Å². The topological polar surface area (TPSA) is 38.5 Å². The molecule has 0 radical (unpaired) electrons. The molecule has 3 nitrogen and oxygen atoms in total. The Hall–Kier alpha value is -0.650. The predicted octanol–water partition coefficient (Wildman–Crippen LogP) is 2.31. The number of benzene rings is 1. The summed E-state index contributed by atoms with van der Waals surface area (Å²) in [4.78, 5) is 2.69. The van der Waals surface area contributed by atoms with Crippen LogP contribution in [0.3, 0.4) is 0 Å². The van der Waals surface area contributed by atoms with Crippen LogP contribution in [-0.4, -0.2) is 30.8 Å². The summed E-state index contributed by atoms with van der Waals surface area (Å²) in [5.41, 5.74) is 7.80. The first-order valence-corrected chi connectivity index (χ1v) is 6.74. The maximum Gasteiger partial charge on any atom is 0.107 e. The number of thiocarbonyl (C=S) groups is 1. The molecule has 1 aliphatic heterocycles. The first-order valence-electron chi connectivity index (χ1n) is 5.54. The quantitative estimate of drug-likeness (QED) is 0.850. The lowest BCUT2D eigenvalue weighted by Crippen LogP contribution is -2.42. The number of ether oxygens (including phenoxy) is 1. The van der Waals surface area contributed by atoms with E-state index >= 15 is 0 Å². The van der Waals surface area contributed by atoms with E-state index in [1.165, 1.54) is 0 Å². The van der Waals surface area contributed by atoms with E-state index in [1.54, 1.807) is 0 Å². The van der Waals surface area contributed by atoms with Crippen LogP contribution in [0.2, 0.25) is 0 Å². The Morgan fingerprint density at radius 2 is 2.35 bits per heavy atom. The Morgan fingerprint density at radius 3 is 3.00 bits per heavy atom. The van der Waals surface area contributed by atoms with Crippen LogP contribution in [0.1, 0.15) is 12.5 Å². The van der Waals surface area contributed by atoms with Gasteiger partial charge in [-0.25, -0.2) is 0 Å². The van der Waals surface area contributed by atoms with Crippen molar-refractivity contribution in [2.75, 3.05) is 24.6 Å². The van der Waals surface area contributed by atoms with E-state index in [9.17, 15) is 0 Å². The van der Waals surface area contributed by atoms with Gasteiger partial charge in [0.05, 0.1) is 12.7 Å². The molecule has 0 aromatic heterocycles. The van der Waals surface area contributed by atoms with E-state index < -0.39 is 0 Å². The minimum atomic E-state index is 0.238. The molecule has 1 aromatic carbocycles. The smallest absolute Gasteiger partial charge is 0.107 e. The molecule has 0 aliphatic carbocycles. The monoisotopic (exact) mass is 314 g/mol. The lowest BCUT2D eigenvalue weighted by Gasteiger charge is -2.34. The number of anilines is 1. The number of nitrogens with two attached hydrogens (primary N) is 1. The summed E-state index contributed by atoms with van der Waals surface area (Å²) < 4.78 is 6.49. The van der Waals surface area contributed by atoms with E-state index in [-0.39, 0.29) is 6.10 Å². The summed E-state index contributed by atoms with van der Waals surface area (Å²) in [6.45, 7) is 4.55. The third-order valence-corrected chi connectivity index (χ3v) is 3.68. The summed E-state index contributed by atoms with van der Waals surface area (Å²) in [7, 11) is 0. The molecule has 2 N–H and O–H groups in total. The molecule has 1 fully saturated rings. The van der Waals surface area contributed by atoms with Gasteiger partial charge >= 0.3 is 0 Å². The highest BCUT2D eigenvalue weighted by Crippen LogP contribution is 2.29. The number of morpholine rings is 1. The molecule has 92 valence electrons. The minimum Gasteiger partial charge on any atom is -0.389 e. The zero-order valence-electron chi connectivity index (χ0n) is 9.65. The molecular formula is C12H15BrN2OS. The average molecular weight is 315 g/mol. The number of rotatable bonds is 2. The molecule has 0 bridgehead atoms. The van der Waals surface area contributed by atoms with Crippen LogP contribution < -0.4 is 10.6 Å². The summed E-state index contributed by atoms with van der Waals surface area (Å²) in [5, 5.41) is 0. The fourth-order valence-electron chi connectivity index (χ4n) is 2.06. The van der Waals surface area contributed by atoms with Crippen molar-refractivity contribution in [1.82, 2.24) is 0 Å². The number of halogens is 1. The molecule has 0 amide bonds. The number of hydrogen-bond donors (Lipinski definition) is 1. The zero-order valence-corrected chi connectivity index (χ0v) is 12.1. The molecule has 1 aliphatic rings. The van der Waals surface area contributed by atoms with E-state index in [1.807, 2.05) is 12.1 Å². The summed E-state index contributed by atoms with van der Waals surface area (Å²) in [5.74, 6) is 0. The van der Waals surface area contributed by atoms with Gasteiger partial charge in [0.15, 0.2) is 0 Å². The Kier molecular flexibility index (Phi) is 4.01. The van der Waals surface area contributed by atoms with Gasteiger partial charge in [0.25, 0.3) is 0 Å². The van der Waals surface area contributed by atoms with Gasteiger partial charge in [0, 0.05) is 28.8 Å². The Morgan fingerprint density at radius 1 is 1.59 bits per heavy atom. The van der Waals surface area contributed by atoms with Gasteiger partial charge in [-0.3, -0.25) is 0 Å². The maximum absolute atomic E-state index is 5.80. The fourth-order valence-corrected chi connectivity index (χ4v) is 2.97. The number of hydrogen-bond acceptors (Lipinski definition) is 3. The fraction of sp³-hybridized carbons (Fsp3) is 0.417. The van der Waals surface area contributed by atoms with Crippen molar-refractivity contribution in [2.45, 2.75) is 13.0 Å². The standard InChI is InChI=1S/C12H15BrN2OS/c1-8-7-15(5-6-16-8)10-4-2-3-9(13)11(10)12(14)17/h2-4,8H,5-7H2,1H3,(H2,14,17). The van der Waals surface area contributed by atoms with Gasteiger partial charge in [-0.1, -0.05) is 18.3 Å². The van der Waals surface area contributed by atoms with Crippen molar-refractivity contribution in [1.29, 1.82) is 0 Å². The lowest BCUT2D eigenvalue weighted by atomic mass is 10.1. The normalized spacial score (nSPS) is 20.4. The van der Waals surface area contributed by atoms with Crippen LogP contribution >= 0.6 is 28.1 Å². The van der Waals surface area contributed by atoms with Crippen LogP contribution in [0.5, 0.6) is 0 Å². The lowest BCUT2D eigenvalue weighted by molar-refractivity contribution is 0.0532. The summed E-state index contributed by atoms with van der Waals surface area (Å²) in [6, 6.07) is 6.01. The number of nitrogens with zero attached hydrogens (tertiary/aromatic N) is 1. The highest BCUT2D eigenvalue weighted by molar-refractivity contribution is 9.10. The maximum atomic E-state index is 5.80. The van der Waals surface area contributed by atoms with Crippen LogP contribution in [-0.2, 0) is 4.74 Å². The van der Waals surface area contributed by atoms with Gasteiger partial charge in [-0.15, -0.1) is 0 Å². The molecule has 0 saturated carbocycles. The summed E-state index contributed by atoms with van der Waals surface area (Å²) in [6.07, 6.45) is 0.238. The second-order valence-corrected chi connectivity index (χ2v) is 5.42. The van der Waals surface area contributed by atoms with Gasteiger partial charge in [0.2, 0.25) is 0 Å². The molecule has 1 saturated heterocycles. The van der Waals surface area contributed by atoms with Gasteiger partial charge < -0.3 is 15.4 Å². The third-order valence-electron chi connectivity index (χ3n) is 2.82. The highest BCUT2D eigenvalue weighted by Gasteiger charge is 2.21. The Bertz CT molecular complexity index is 439. The molecular weight excluding hydrogens is 300 g/mol. The van der Waals surface area contributed by atoms with Crippen molar-refractivity contribution in [3.8, 4) is 0 Å². The van der Waals surface area contributed by atoms with Crippen LogP contribution in [0.4, 0.5) is 5.69 Å². The van der Waals surface area contributed by atoms with Crippen molar-refractivity contribution < 1.29 is 4.74 Å². The molecule has 1 unspecified atom stereocenters. The van der Waals surface area contributed by atoms with Crippen molar-refractivity contribution >= 4 is 38.8 Å². The first-order chi connectivity index (χ1) is 8.09. The first kappa shape index (κ1) is 12.8. The average Bonchev–Trinajstić information content (AvgIpc) is 2.28. The van der Waals surface area contributed by atoms with Gasteiger partial charge in [-0.05, 0) is 35.0 Å². The molecule has 1 aromatic rings. The second-order valence-electron chi connectivity index (χ2n) is 4.13. The molecule has 1 heterocycles. The molecule has 2 rings (SSSR count). The van der Waals surface area contributed by atoms with Gasteiger partial charge in [0.1, 0.15) is 4.99 Å². The largest absolute Gasteiger partial charge is 0.389 e. The second kappa shape index (κ2) is 5.33. The highest BCUT2D eigenvalue weighted by atomic mass is 79.9. The van der Waals surface area contributed by atoms with E-state index in [0.717, 1.165) is 35.4 Å². The molecule has 0 spiro atoms. The minimum absolute atomic E-state index is 0.238. The van der Waals surface area contributed by atoms with E-state index in [0.29, 0.717) is 4.99 Å². The molecule has 5 heteroatoms. The van der Waals surface area contributed by atoms with E-state index in [4.69, 9.17) is 22.7 Å². The zero-order chi connectivity index (χ0) is 12.4. The summed E-state index contributed by atoms with van der Waals surface area (Å²) >= 11 is 8.63. The van der Waals surface area contributed by atoms with Crippen LogP contribution in [0.15, 0.2) is 22.7 Å². The third kappa shape index (κ3) is 2.78. The van der Waals surface area contributed by atoms with E-state index in [2.05, 4.69) is 33.8 Å². The SMILES string of the molecule is CC1CN(c2cccc(Br)c2C(N)=S)CCO1. The molecule has 17 heavy (non-hydrogen) atoms. The molecule has 1 atom stereocenters. The Balaban J connectivity index is 2.37. The predicted molar refractivity (Wildman–Crippen MR) is 77.7 cm³/mol. The van der Waals surface area contributed by atoms with Crippen molar-refractivity contribution in [3.05, 3.63) is 28.2 Å². The van der Waals surface area contributed by atoms with Crippen LogP contribution in [0.25, 0.3) is 0 Å². The van der Waals surface area contributed by atoms with Gasteiger partial charge in [-0.2, -0.15) is 0 Å². The van der Waals surface area contributed by atoms with Crippen molar-refractivity contribution in [2.24, 2.45) is 5.73 Å².